The number of benzene rings is 1. The van der Waals surface area contributed by atoms with Crippen molar-refractivity contribution in [2.24, 2.45) is 17.8 Å². The van der Waals surface area contributed by atoms with Crippen LogP contribution in [0, 0.1) is 17.8 Å². The summed E-state index contributed by atoms with van der Waals surface area (Å²) in [6.07, 6.45) is 7.74. The van der Waals surface area contributed by atoms with Gasteiger partial charge in [0, 0.05) is 25.7 Å². The number of hydrogen-bond donors (Lipinski definition) is 2. The van der Waals surface area contributed by atoms with E-state index in [1.165, 1.54) is 5.56 Å². The standard InChI is InChI=1S/C20H25N3O/c24-19-17-15-6-7-16(12-15)18(17)21-20(22-19)8-10-23(11-9-20)13-14-4-2-1-3-5-14/h1-7,15-18,21H,8-13H2,(H,22,24)/t15-,16+,17+,18-/m0/s1. The maximum absolute atomic E-state index is 12.7. The average Bonchev–Trinajstić information content (AvgIpc) is 3.20. The van der Waals surface area contributed by atoms with Crippen LogP contribution >= 0.6 is 0 Å². The number of allylic oxidation sites excluding steroid dienone is 1. The largest absolute Gasteiger partial charge is 0.338 e. The second-order valence-corrected chi connectivity index (χ2v) is 7.98. The van der Waals surface area contributed by atoms with Crippen LogP contribution in [0.15, 0.2) is 42.5 Å². The number of piperidine rings is 1. The Labute approximate surface area is 143 Å². The maximum atomic E-state index is 12.7. The molecule has 4 atom stereocenters. The van der Waals surface area contributed by atoms with Gasteiger partial charge in [0.15, 0.2) is 0 Å². The van der Waals surface area contributed by atoms with Crippen molar-refractivity contribution in [2.75, 3.05) is 13.1 Å². The summed E-state index contributed by atoms with van der Waals surface area (Å²) in [6, 6.07) is 11.0. The monoisotopic (exact) mass is 323 g/mol. The third-order valence-electron chi connectivity index (χ3n) is 6.53. The van der Waals surface area contributed by atoms with E-state index in [4.69, 9.17) is 0 Å². The van der Waals surface area contributed by atoms with E-state index >= 15 is 0 Å². The number of likely N-dealkylation sites (tertiary alicyclic amines) is 1. The fourth-order valence-electron chi connectivity index (χ4n) is 5.25. The highest BCUT2D eigenvalue weighted by molar-refractivity contribution is 5.82. The molecule has 1 aromatic carbocycles. The number of fused-ring (bicyclic) bond motifs is 5. The van der Waals surface area contributed by atoms with Crippen LogP contribution < -0.4 is 10.6 Å². The Kier molecular flexibility index (Phi) is 3.32. The molecular formula is C20H25N3O. The first-order valence-corrected chi connectivity index (χ1v) is 9.27. The summed E-state index contributed by atoms with van der Waals surface area (Å²) in [5.41, 5.74) is 1.19. The third-order valence-corrected chi connectivity index (χ3v) is 6.53. The summed E-state index contributed by atoms with van der Waals surface area (Å²) < 4.78 is 0. The van der Waals surface area contributed by atoms with E-state index < -0.39 is 0 Å². The van der Waals surface area contributed by atoms with E-state index in [0.717, 1.165) is 38.9 Å². The highest BCUT2D eigenvalue weighted by Gasteiger charge is 2.55. The van der Waals surface area contributed by atoms with Crippen molar-refractivity contribution in [2.45, 2.75) is 37.5 Å². The Bertz CT molecular complexity index is 663. The van der Waals surface area contributed by atoms with Gasteiger partial charge in [0.1, 0.15) is 0 Å². The second-order valence-electron chi connectivity index (χ2n) is 7.98. The zero-order valence-corrected chi connectivity index (χ0v) is 13.9. The lowest BCUT2D eigenvalue weighted by atomic mass is 9.81. The number of rotatable bonds is 2. The molecule has 1 saturated carbocycles. The minimum absolute atomic E-state index is 0.160. The fourth-order valence-corrected chi connectivity index (χ4v) is 5.25. The minimum atomic E-state index is -0.177. The predicted molar refractivity (Wildman–Crippen MR) is 93.0 cm³/mol. The molecule has 2 heterocycles. The highest BCUT2D eigenvalue weighted by Crippen LogP contribution is 2.46. The van der Waals surface area contributed by atoms with E-state index in [2.05, 4.69) is 58.0 Å². The van der Waals surface area contributed by atoms with Gasteiger partial charge in [0.25, 0.3) is 0 Å². The van der Waals surface area contributed by atoms with Crippen molar-refractivity contribution >= 4 is 5.91 Å². The van der Waals surface area contributed by atoms with Gasteiger partial charge in [-0.05, 0) is 36.7 Å². The minimum Gasteiger partial charge on any atom is -0.338 e. The lowest BCUT2D eigenvalue weighted by molar-refractivity contribution is -0.134. The van der Waals surface area contributed by atoms with Gasteiger partial charge in [-0.1, -0.05) is 42.5 Å². The Morgan fingerprint density at radius 1 is 1.08 bits per heavy atom. The first-order valence-electron chi connectivity index (χ1n) is 9.27. The van der Waals surface area contributed by atoms with Crippen LogP contribution in [0.25, 0.3) is 0 Å². The van der Waals surface area contributed by atoms with Crippen LogP contribution in [0.3, 0.4) is 0 Å². The molecule has 1 spiro atoms. The molecule has 3 fully saturated rings. The summed E-state index contributed by atoms with van der Waals surface area (Å²) in [5.74, 6) is 1.47. The van der Waals surface area contributed by atoms with Crippen molar-refractivity contribution in [3.05, 3.63) is 48.0 Å². The molecule has 2 bridgehead atoms. The molecule has 2 aliphatic heterocycles. The van der Waals surface area contributed by atoms with E-state index in [1.807, 2.05) is 0 Å². The summed E-state index contributed by atoms with van der Waals surface area (Å²) in [6.45, 7) is 3.07. The molecule has 4 heteroatoms. The molecule has 0 unspecified atom stereocenters. The van der Waals surface area contributed by atoms with Gasteiger partial charge in [0.2, 0.25) is 5.91 Å². The zero-order chi connectivity index (χ0) is 16.1. The second kappa shape index (κ2) is 5.43. The fraction of sp³-hybridized carbons (Fsp3) is 0.550. The van der Waals surface area contributed by atoms with Crippen LogP contribution in [0.1, 0.15) is 24.8 Å². The molecule has 0 radical (unpaired) electrons. The number of amides is 1. The lowest BCUT2D eigenvalue weighted by Crippen LogP contribution is -2.72. The summed E-state index contributed by atoms with van der Waals surface area (Å²) in [5, 5.41) is 7.23. The average molecular weight is 323 g/mol. The molecule has 2 N–H and O–H groups in total. The van der Waals surface area contributed by atoms with Crippen LogP contribution in [-0.2, 0) is 11.3 Å². The van der Waals surface area contributed by atoms with Crippen LogP contribution in [-0.4, -0.2) is 35.6 Å². The molecule has 1 aromatic rings. The predicted octanol–water partition coefficient (Wildman–Crippen LogP) is 1.89. The Morgan fingerprint density at radius 2 is 1.83 bits per heavy atom. The van der Waals surface area contributed by atoms with Gasteiger partial charge in [-0.25, -0.2) is 0 Å². The first kappa shape index (κ1) is 14.7. The molecule has 2 aliphatic carbocycles. The molecule has 4 aliphatic rings. The van der Waals surface area contributed by atoms with Gasteiger partial charge in [-0.2, -0.15) is 0 Å². The molecular weight excluding hydrogens is 298 g/mol. The molecule has 0 aromatic heterocycles. The Morgan fingerprint density at radius 3 is 2.62 bits per heavy atom. The zero-order valence-electron chi connectivity index (χ0n) is 13.9. The molecule has 126 valence electrons. The number of nitrogens with one attached hydrogen (secondary N) is 2. The molecule has 1 amide bonds. The SMILES string of the molecule is O=C1NC2(CCN(Cc3ccccc3)CC2)N[C@@H]2[C@H]1[C@H]1C=C[C@@H]2C1. The highest BCUT2D eigenvalue weighted by atomic mass is 16.2. The number of carbonyl (C=O) groups excluding carboxylic acids is 1. The van der Waals surface area contributed by atoms with Crippen LogP contribution in [0.4, 0.5) is 0 Å². The summed E-state index contributed by atoms with van der Waals surface area (Å²) in [4.78, 5) is 15.2. The van der Waals surface area contributed by atoms with Crippen molar-refractivity contribution < 1.29 is 4.79 Å². The first-order chi connectivity index (χ1) is 11.7. The summed E-state index contributed by atoms with van der Waals surface area (Å²) >= 11 is 0. The molecule has 4 nitrogen and oxygen atoms in total. The molecule has 2 saturated heterocycles. The van der Waals surface area contributed by atoms with Crippen LogP contribution in [0.2, 0.25) is 0 Å². The van der Waals surface area contributed by atoms with E-state index in [9.17, 15) is 4.79 Å². The number of carbonyl (C=O) groups is 1. The van der Waals surface area contributed by atoms with Crippen molar-refractivity contribution in [3.63, 3.8) is 0 Å². The van der Waals surface area contributed by atoms with Gasteiger partial charge in [-0.15, -0.1) is 0 Å². The topological polar surface area (TPSA) is 44.4 Å². The van der Waals surface area contributed by atoms with Gasteiger partial charge in [0.05, 0.1) is 11.6 Å². The van der Waals surface area contributed by atoms with Crippen molar-refractivity contribution in [3.8, 4) is 0 Å². The lowest BCUT2D eigenvalue weighted by Gasteiger charge is -2.50. The van der Waals surface area contributed by atoms with E-state index in [1.54, 1.807) is 0 Å². The van der Waals surface area contributed by atoms with Gasteiger partial charge >= 0.3 is 0 Å². The van der Waals surface area contributed by atoms with Crippen molar-refractivity contribution in [1.29, 1.82) is 0 Å². The number of hydrogen-bond acceptors (Lipinski definition) is 3. The van der Waals surface area contributed by atoms with E-state index in [0.29, 0.717) is 17.9 Å². The molecule has 5 rings (SSSR count). The summed E-state index contributed by atoms with van der Waals surface area (Å²) in [7, 11) is 0. The number of nitrogens with zero attached hydrogens (tertiary/aromatic N) is 1. The Hall–Kier alpha value is -1.65. The molecule has 24 heavy (non-hydrogen) atoms. The van der Waals surface area contributed by atoms with E-state index in [-0.39, 0.29) is 17.5 Å². The van der Waals surface area contributed by atoms with Gasteiger partial charge in [-0.3, -0.25) is 15.0 Å². The smallest absolute Gasteiger partial charge is 0.226 e. The normalized spacial score (nSPS) is 36.8. The van der Waals surface area contributed by atoms with Crippen LogP contribution in [0.5, 0.6) is 0 Å². The maximum Gasteiger partial charge on any atom is 0.226 e. The quantitative estimate of drug-likeness (QED) is 0.817. The van der Waals surface area contributed by atoms with Crippen molar-refractivity contribution in [1.82, 2.24) is 15.5 Å². The Balaban J connectivity index is 1.26. The third kappa shape index (κ3) is 2.32. The van der Waals surface area contributed by atoms with Gasteiger partial charge < -0.3 is 5.32 Å².